The van der Waals surface area contributed by atoms with Crippen LogP contribution in [0.5, 0.6) is 11.5 Å². The molecule has 3 rings (SSSR count). The lowest BCUT2D eigenvalue weighted by molar-refractivity contribution is -0.118. The van der Waals surface area contributed by atoms with E-state index >= 15 is 0 Å². The lowest BCUT2D eigenvalue weighted by atomic mass is 10.3. The van der Waals surface area contributed by atoms with E-state index in [-0.39, 0.29) is 35.4 Å². The van der Waals surface area contributed by atoms with E-state index < -0.39 is 9.84 Å². The lowest BCUT2D eigenvalue weighted by Gasteiger charge is -2.24. The van der Waals surface area contributed by atoms with E-state index in [0.29, 0.717) is 40.3 Å². The summed E-state index contributed by atoms with van der Waals surface area (Å²) in [4.78, 5) is 22.0. The van der Waals surface area contributed by atoms with Crippen LogP contribution in [0.1, 0.15) is 20.3 Å². The van der Waals surface area contributed by atoms with E-state index in [2.05, 4.69) is 18.7 Å². The summed E-state index contributed by atoms with van der Waals surface area (Å²) in [5.41, 5.74) is 0.598. The lowest BCUT2D eigenvalue weighted by Crippen LogP contribution is -2.39. The number of benzene rings is 2. The molecule has 0 bridgehead atoms. The second-order valence-electron chi connectivity index (χ2n) is 7.74. The van der Waals surface area contributed by atoms with Gasteiger partial charge >= 0.3 is 0 Å². The van der Waals surface area contributed by atoms with E-state index in [1.807, 2.05) is 0 Å². The number of hydrogen-bond acceptors (Lipinski definition) is 8. The molecule has 0 aliphatic heterocycles. The van der Waals surface area contributed by atoms with E-state index in [0.717, 1.165) is 17.8 Å². The first-order valence-electron chi connectivity index (χ1n) is 11.3. The molecule has 0 atom stereocenters. The number of carbonyl (C=O) groups excluding carboxylic acids is 1. The van der Waals surface area contributed by atoms with Gasteiger partial charge in [-0.05, 0) is 49.5 Å². The first-order valence-corrected chi connectivity index (χ1v) is 14.1. The molecule has 1 aromatic heterocycles. The average molecular weight is 577 g/mol. The predicted octanol–water partition coefficient (Wildman–Crippen LogP) is 4.93. The average Bonchev–Trinajstić information content (AvgIpc) is 3.30. The molecule has 0 unspecified atom stereocenters. The zero-order valence-electron chi connectivity index (χ0n) is 20.7. The molecule has 12 heteroatoms. The Labute approximate surface area is 227 Å². The fraction of sp³-hybridized carbons (Fsp3) is 0.417. The van der Waals surface area contributed by atoms with Gasteiger partial charge in [-0.2, -0.15) is 0 Å². The van der Waals surface area contributed by atoms with Crippen molar-refractivity contribution < 1.29 is 22.7 Å². The minimum absolute atomic E-state index is 0. The quantitative estimate of drug-likeness (QED) is 0.302. The number of hydrogen-bond donors (Lipinski definition) is 0. The van der Waals surface area contributed by atoms with E-state index in [1.54, 1.807) is 31.3 Å². The number of carbonyl (C=O) groups is 1. The first kappa shape index (κ1) is 30.1. The molecule has 0 aliphatic rings. The van der Waals surface area contributed by atoms with Crippen molar-refractivity contribution in [3.05, 3.63) is 41.4 Å². The standard InChI is InChI=1S/C24H30ClN3O5S2.ClH/c1-5-27(6-2)14-15-28(21(29)13-16-35(30,31)18-9-7-17(25)8-10-18)24-26-22-19(32-3)11-12-20(33-4)23(22)34-24;/h7-12H,5-6,13-16H2,1-4H3;1H. The number of rotatable bonds is 12. The fourth-order valence-electron chi connectivity index (χ4n) is 3.61. The van der Waals surface area contributed by atoms with Crippen molar-refractivity contribution in [3.63, 3.8) is 0 Å². The van der Waals surface area contributed by atoms with Gasteiger partial charge < -0.3 is 14.4 Å². The van der Waals surface area contributed by atoms with Crippen LogP contribution in [0.25, 0.3) is 10.2 Å². The molecule has 0 N–H and O–H groups in total. The number of fused-ring (bicyclic) bond motifs is 1. The summed E-state index contributed by atoms with van der Waals surface area (Å²) in [5, 5.41) is 0.924. The minimum atomic E-state index is -3.65. The van der Waals surface area contributed by atoms with Crippen molar-refractivity contribution >= 4 is 66.4 Å². The first-order chi connectivity index (χ1) is 16.7. The molecule has 8 nitrogen and oxygen atoms in total. The molecule has 36 heavy (non-hydrogen) atoms. The second kappa shape index (κ2) is 13.4. The molecule has 0 saturated heterocycles. The van der Waals surface area contributed by atoms with Crippen LogP contribution in [0.4, 0.5) is 5.13 Å². The van der Waals surface area contributed by atoms with Gasteiger partial charge in [-0.15, -0.1) is 12.4 Å². The number of methoxy groups -OCH3 is 2. The Hall–Kier alpha value is -2.11. The highest BCUT2D eigenvalue weighted by atomic mass is 35.5. The number of thiazole rings is 1. The van der Waals surface area contributed by atoms with Crippen LogP contribution in [0.15, 0.2) is 41.3 Å². The van der Waals surface area contributed by atoms with Crippen molar-refractivity contribution in [2.75, 3.05) is 51.1 Å². The number of ether oxygens (including phenoxy) is 2. The number of halogens is 2. The van der Waals surface area contributed by atoms with Gasteiger partial charge in [0.1, 0.15) is 21.7 Å². The fourth-order valence-corrected chi connectivity index (χ4v) is 6.09. The molecule has 3 aromatic rings. The van der Waals surface area contributed by atoms with Crippen LogP contribution in [-0.4, -0.2) is 70.4 Å². The Kier molecular flexibility index (Phi) is 11.2. The predicted molar refractivity (Wildman–Crippen MR) is 148 cm³/mol. The monoisotopic (exact) mass is 575 g/mol. The van der Waals surface area contributed by atoms with Crippen molar-refractivity contribution in [2.24, 2.45) is 0 Å². The topological polar surface area (TPSA) is 89.0 Å². The highest BCUT2D eigenvalue weighted by Gasteiger charge is 2.25. The highest BCUT2D eigenvalue weighted by molar-refractivity contribution is 7.91. The summed E-state index contributed by atoms with van der Waals surface area (Å²) >= 11 is 7.20. The molecular formula is C24H31Cl2N3O5S2. The van der Waals surface area contributed by atoms with Gasteiger partial charge in [-0.25, -0.2) is 13.4 Å². The van der Waals surface area contributed by atoms with E-state index in [1.165, 1.54) is 35.6 Å². The SMILES string of the molecule is CCN(CC)CCN(C(=O)CCS(=O)(=O)c1ccc(Cl)cc1)c1nc2c(OC)ccc(OC)c2s1.Cl. The summed E-state index contributed by atoms with van der Waals surface area (Å²) in [6.07, 6.45) is -0.173. The normalized spacial score (nSPS) is 11.4. The number of aromatic nitrogens is 1. The van der Waals surface area contributed by atoms with Gasteiger partial charge in [0.05, 0.1) is 24.9 Å². The Morgan fingerprint density at radius 2 is 1.61 bits per heavy atom. The zero-order chi connectivity index (χ0) is 25.6. The molecule has 0 spiro atoms. The molecule has 0 saturated carbocycles. The van der Waals surface area contributed by atoms with Crippen molar-refractivity contribution in [2.45, 2.75) is 25.2 Å². The zero-order valence-corrected chi connectivity index (χ0v) is 23.9. The third-order valence-electron chi connectivity index (χ3n) is 5.72. The van der Waals surface area contributed by atoms with Crippen molar-refractivity contribution in [1.29, 1.82) is 0 Å². The van der Waals surface area contributed by atoms with Crippen LogP contribution in [-0.2, 0) is 14.6 Å². The smallest absolute Gasteiger partial charge is 0.229 e. The summed E-state index contributed by atoms with van der Waals surface area (Å²) in [5.74, 6) is 0.578. The maximum Gasteiger partial charge on any atom is 0.229 e. The van der Waals surface area contributed by atoms with Crippen LogP contribution >= 0.6 is 35.3 Å². The maximum absolute atomic E-state index is 13.4. The van der Waals surface area contributed by atoms with Gasteiger partial charge in [0.25, 0.3) is 0 Å². The number of anilines is 1. The van der Waals surface area contributed by atoms with Gasteiger partial charge in [-0.3, -0.25) is 9.69 Å². The molecule has 1 heterocycles. The van der Waals surface area contributed by atoms with Gasteiger partial charge in [-0.1, -0.05) is 36.8 Å². The molecule has 0 radical (unpaired) electrons. The summed E-state index contributed by atoms with van der Waals surface area (Å²) in [6, 6.07) is 9.51. The number of amides is 1. The maximum atomic E-state index is 13.4. The third kappa shape index (κ3) is 7.01. The van der Waals surface area contributed by atoms with Crippen molar-refractivity contribution in [1.82, 2.24) is 9.88 Å². The molecule has 1 amide bonds. The second-order valence-corrected chi connectivity index (χ2v) is 11.3. The number of nitrogens with zero attached hydrogens (tertiary/aromatic N) is 3. The Bertz CT molecular complexity index is 1220. The molecular weight excluding hydrogens is 545 g/mol. The molecule has 0 aliphatic carbocycles. The summed E-state index contributed by atoms with van der Waals surface area (Å²) < 4.78 is 37.3. The van der Waals surface area contributed by atoms with E-state index in [9.17, 15) is 13.2 Å². The van der Waals surface area contributed by atoms with Gasteiger partial charge in [0, 0.05) is 24.5 Å². The minimum Gasteiger partial charge on any atom is -0.495 e. The van der Waals surface area contributed by atoms with Crippen molar-refractivity contribution in [3.8, 4) is 11.5 Å². The van der Waals surface area contributed by atoms with Crippen LogP contribution in [0, 0.1) is 0 Å². The van der Waals surface area contributed by atoms with Gasteiger partial charge in [0.15, 0.2) is 15.0 Å². The van der Waals surface area contributed by atoms with Crippen LogP contribution in [0.2, 0.25) is 5.02 Å². The van der Waals surface area contributed by atoms with Gasteiger partial charge in [0.2, 0.25) is 5.91 Å². The number of likely N-dealkylation sites (N-methyl/N-ethyl adjacent to an activating group) is 1. The van der Waals surface area contributed by atoms with E-state index in [4.69, 9.17) is 26.1 Å². The highest BCUT2D eigenvalue weighted by Crippen LogP contribution is 2.40. The van der Waals surface area contributed by atoms with Crippen LogP contribution in [0.3, 0.4) is 0 Å². The van der Waals surface area contributed by atoms with Crippen LogP contribution < -0.4 is 14.4 Å². The largest absolute Gasteiger partial charge is 0.495 e. The third-order valence-corrected chi connectivity index (χ3v) is 8.80. The molecule has 2 aromatic carbocycles. The Morgan fingerprint density at radius 3 is 2.19 bits per heavy atom. The summed E-state index contributed by atoms with van der Waals surface area (Å²) in [6.45, 7) is 6.80. The number of sulfone groups is 1. The Balaban J connectivity index is 0.00000456. The molecule has 0 fully saturated rings. The Morgan fingerprint density at radius 1 is 1.00 bits per heavy atom. The molecule has 198 valence electrons. The summed E-state index contributed by atoms with van der Waals surface area (Å²) in [7, 11) is -0.512.